The van der Waals surface area contributed by atoms with Gasteiger partial charge in [0.05, 0.1) is 12.3 Å². The van der Waals surface area contributed by atoms with Gasteiger partial charge < -0.3 is 10.1 Å². The molecule has 22 heavy (non-hydrogen) atoms. The van der Waals surface area contributed by atoms with Gasteiger partial charge in [0, 0.05) is 5.69 Å². The van der Waals surface area contributed by atoms with Crippen molar-refractivity contribution in [1.82, 2.24) is 10.2 Å². The molecule has 0 bridgehead atoms. The van der Waals surface area contributed by atoms with Gasteiger partial charge in [-0.3, -0.25) is 9.89 Å². The molecule has 2 aromatic rings. The minimum atomic E-state index is -0.237. The Morgan fingerprint density at radius 2 is 2.14 bits per heavy atom. The minimum Gasteiger partial charge on any atom is -0.491 e. The van der Waals surface area contributed by atoms with Gasteiger partial charge in [0.1, 0.15) is 5.75 Å². The number of amides is 1. The van der Waals surface area contributed by atoms with Crippen LogP contribution in [0.3, 0.4) is 0 Å². The van der Waals surface area contributed by atoms with Gasteiger partial charge >= 0.3 is 0 Å². The number of nitrogens with zero attached hydrogens (tertiary/aromatic N) is 1. The van der Waals surface area contributed by atoms with Crippen molar-refractivity contribution in [2.75, 3.05) is 11.9 Å². The highest BCUT2D eigenvalue weighted by atomic mass is 16.5. The molecule has 0 saturated heterocycles. The number of anilines is 1. The smallest absolute Gasteiger partial charge is 0.276 e. The summed E-state index contributed by atoms with van der Waals surface area (Å²) in [5.74, 6) is 0.953. The lowest BCUT2D eigenvalue weighted by Gasteiger charge is -2.11. The zero-order valence-electron chi connectivity index (χ0n) is 13.3. The zero-order valence-corrected chi connectivity index (χ0v) is 13.3. The first-order valence-electron chi connectivity index (χ1n) is 7.67. The van der Waals surface area contributed by atoms with E-state index in [-0.39, 0.29) is 5.91 Å². The van der Waals surface area contributed by atoms with Crippen molar-refractivity contribution in [3.05, 3.63) is 41.7 Å². The molecule has 2 rings (SSSR count). The number of carbonyl (C=O) groups excluding carboxylic acids is 1. The van der Waals surface area contributed by atoms with Crippen LogP contribution in [0.15, 0.2) is 30.3 Å². The van der Waals surface area contributed by atoms with Gasteiger partial charge in [0.15, 0.2) is 5.69 Å². The van der Waals surface area contributed by atoms with Crippen LogP contribution in [0.5, 0.6) is 5.75 Å². The molecular formula is C17H23N3O2. The highest BCUT2D eigenvalue weighted by molar-refractivity contribution is 6.03. The van der Waals surface area contributed by atoms with E-state index < -0.39 is 0 Å². The van der Waals surface area contributed by atoms with Crippen molar-refractivity contribution in [2.24, 2.45) is 5.92 Å². The summed E-state index contributed by atoms with van der Waals surface area (Å²) in [4.78, 5) is 12.3. The monoisotopic (exact) mass is 301 g/mol. The Hall–Kier alpha value is -2.30. The molecule has 5 heteroatoms. The molecule has 2 N–H and O–H groups in total. The molecule has 1 aromatic heterocycles. The van der Waals surface area contributed by atoms with E-state index in [0.29, 0.717) is 29.7 Å². The van der Waals surface area contributed by atoms with Gasteiger partial charge in [0.2, 0.25) is 0 Å². The molecule has 0 radical (unpaired) electrons. The topological polar surface area (TPSA) is 67.0 Å². The maximum absolute atomic E-state index is 12.3. The van der Waals surface area contributed by atoms with Gasteiger partial charge in [-0.05, 0) is 37.0 Å². The third-order valence-electron chi connectivity index (χ3n) is 3.09. The maximum atomic E-state index is 12.3. The van der Waals surface area contributed by atoms with Crippen molar-refractivity contribution >= 4 is 11.6 Å². The first-order valence-corrected chi connectivity index (χ1v) is 7.67. The molecule has 0 spiro atoms. The predicted molar refractivity (Wildman–Crippen MR) is 87.3 cm³/mol. The van der Waals surface area contributed by atoms with Crippen molar-refractivity contribution in [2.45, 2.75) is 33.6 Å². The Balaban J connectivity index is 2.07. The highest BCUT2D eigenvalue weighted by Gasteiger charge is 2.13. The average Bonchev–Trinajstić information content (AvgIpc) is 2.94. The Kier molecular flexibility index (Phi) is 5.58. The molecule has 5 nitrogen and oxygen atoms in total. The van der Waals surface area contributed by atoms with Gasteiger partial charge in [-0.15, -0.1) is 0 Å². The zero-order chi connectivity index (χ0) is 15.9. The summed E-state index contributed by atoms with van der Waals surface area (Å²) >= 11 is 0. The van der Waals surface area contributed by atoms with E-state index in [1.165, 1.54) is 0 Å². The molecule has 0 aliphatic rings. The SMILES string of the molecule is CCCOc1ccccc1NC(=O)c1cc(CC(C)C)[nH]n1. The lowest BCUT2D eigenvalue weighted by atomic mass is 10.1. The normalized spacial score (nSPS) is 10.7. The van der Waals surface area contributed by atoms with Gasteiger partial charge in [-0.1, -0.05) is 32.9 Å². The lowest BCUT2D eigenvalue weighted by molar-refractivity contribution is 0.102. The van der Waals surface area contributed by atoms with Crippen molar-refractivity contribution in [3.63, 3.8) is 0 Å². The molecule has 1 heterocycles. The van der Waals surface area contributed by atoms with E-state index in [0.717, 1.165) is 18.5 Å². The number of hydrogen-bond donors (Lipinski definition) is 2. The molecule has 0 unspecified atom stereocenters. The number of aromatic amines is 1. The van der Waals surface area contributed by atoms with E-state index >= 15 is 0 Å². The first kappa shape index (κ1) is 16.1. The van der Waals surface area contributed by atoms with E-state index in [4.69, 9.17) is 4.74 Å². The quantitative estimate of drug-likeness (QED) is 0.820. The number of nitrogens with one attached hydrogen (secondary N) is 2. The van der Waals surface area contributed by atoms with E-state index in [9.17, 15) is 4.79 Å². The van der Waals surface area contributed by atoms with Crippen molar-refractivity contribution in [3.8, 4) is 5.75 Å². The number of H-pyrrole nitrogens is 1. The highest BCUT2D eigenvalue weighted by Crippen LogP contribution is 2.24. The average molecular weight is 301 g/mol. The summed E-state index contributed by atoms with van der Waals surface area (Å²) < 4.78 is 5.64. The minimum absolute atomic E-state index is 0.237. The maximum Gasteiger partial charge on any atom is 0.276 e. The number of benzene rings is 1. The van der Waals surface area contributed by atoms with Crippen molar-refractivity contribution < 1.29 is 9.53 Å². The van der Waals surface area contributed by atoms with Gasteiger partial charge in [-0.25, -0.2) is 0 Å². The van der Waals surface area contributed by atoms with Crippen LogP contribution >= 0.6 is 0 Å². The van der Waals surface area contributed by atoms with Crippen LogP contribution in [0.4, 0.5) is 5.69 Å². The second kappa shape index (κ2) is 7.64. The summed E-state index contributed by atoms with van der Waals surface area (Å²) in [6.07, 6.45) is 1.79. The molecule has 0 atom stereocenters. The van der Waals surface area contributed by atoms with Crippen LogP contribution < -0.4 is 10.1 Å². The molecule has 0 fully saturated rings. The third kappa shape index (κ3) is 4.35. The van der Waals surface area contributed by atoms with E-state index in [1.807, 2.05) is 31.2 Å². The Morgan fingerprint density at radius 1 is 1.36 bits per heavy atom. The molecule has 1 amide bonds. The standard InChI is InChI=1S/C17H23N3O2/c1-4-9-22-16-8-6-5-7-14(16)18-17(21)15-11-13(19-20-15)10-12(2)3/h5-8,11-12H,4,9-10H2,1-3H3,(H,18,21)(H,19,20). The first-order chi connectivity index (χ1) is 10.6. The van der Waals surface area contributed by atoms with Crippen LogP contribution in [0.25, 0.3) is 0 Å². The van der Waals surface area contributed by atoms with Crippen LogP contribution in [0, 0.1) is 5.92 Å². The summed E-state index contributed by atoms with van der Waals surface area (Å²) in [6.45, 7) is 6.92. The van der Waals surface area contributed by atoms with Gasteiger partial charge in [0.25, 0.3) is 5.91 Å². The fraction of sp³-hybridized carbons (Fsp3) is 0.412. The summed E-state index contributed by atoms with van der Waals surface area (Å²) in [5, 5.41) is 9.85. The predicted octanol–water partition coefficient (Wildman–Crippen LogP) is 3.65. The van der Waals surface area contributed by atoms with Crippen LogP contribution in [-0.4, -0.2) is 22.7 Å². The van der Waals surface area contributed by atoms with Gasteiger partial charge in [-0.2, -0.15) is 5.10 Å². The van der Waals surface area contributed by atoms with E-state index in [2.05, 4.69) is 29.4 Å². The summed E-state index contributed by atoms with van der Waals surface area (Å²) in [6, 6.07) is 9.22. The number of ether oxygens (including phenoxy) is 1. The lowest BCUT2D eigenvalue weighted by Crippen LogP contribution is -2.13. The fourth-order valence-electron chi connectivity index (χ4n) is 2.12. The molecule has 0 aliphatic carbocycles. The number of aromatic nitrogens is 2. The van der Waals surface area contributed by atoms with Crippen LogP contribution in [-0.2, 0) is 6.42 Å². The molecule has 0 aliphatic heterocycles. The van der Waals surface area contributed by atoms with Crippen LogP contribution in [0.1, 0.15) is 43.4 Å². The summed E-state index contributed by atoms with van der Waals surface area (Å²) in [5.41, 5.74) is 2.02. The van der Waals surface area contributed by atoms with Crippen molar-refractivity contribution in [1.29, 1.82) is 0 Å². The molecule has 118 valence electrons. The third-order valence-corrected chi connectivity index (χ3v) is 3.09. The Labute approximate surface area is 131 Å². The Morgan fingerprint density at radius 3 is 2.86 bits per heavy atom. The number of rotatable bonds is 7. The Bertz CT molecular complexity index is 620. The number of hydrogen-bond acceptors (Lipinski definition) is 3. The fourth-order valence-corrected chi connectivity index (χ4v) is 2.12. The molecule has 1 aromatic carbocycles. The second-order valence-corrected chi connectivity index (χ2v) is 5.68. The van der Waals surface area contributed by atoms with E-state index in [1.54, 1.807) is 6.07 Å². The molecular weight excluding hydrogens is 278 g/mol. The summed E-state index contributed by atoms with van der Waals surface area (Å²) in [7, 11) is 0. The number of para-hydroxylation sites is 2. The second-order valence-electron chi connectivity index (χ2n) is 5.68. The largest absolute Gasteiger partial charge is 0.491 e. The number of carbonyl (C=O) groups is 1. The molecule has 0 saturated carbocycles. The van der Waals surface area contributed by atoms with Crippen LogP contribution in [0.2, 0.25) is 0 Å².